The van der Waals surface area contributed by atoms with Crippen LogP contribution in [0.3, 0.4) is 0 Å². The average Bonchev–Trinajstić information content (AvgIpc) is 2.85. The number of aryl methyl sites for hydroxylation is 1. The standard InChI is InChI=1S/C27H28F3NO4/c1-17(18-4-3-5-23(14-18)34-2)31-10-11-35-24-15-21(13-22(16-24)27(29)30)19-6-8-25(28)20(12-19)7-9-26(32)33/h3-6,8,12-17,27,31H,7,9-11H2,1-2H3,(H,32,33)/t17-/m1/s1. The number of carbonyl (C=O) groups is 1. The first kappa shape index (κ1) is 26.1. The van der Waals surface area contributed by atoms with Gasteiger partial charge in [-0.2, -0.15) is 0 Å². The molecule has 0 saturated carbocycles. The lowest BCUT2D eigenvalue weighted by Gasteiger charge is -2.16. The van der Waals surface area contributed by atoms with E-state index in [0.717, 1.165) is 11.3 Å². The number of ether oxygens (including phenoxy) is 2. The average molecular weight is 488 g/mol. The third kappa shape index (κ3) is 7.48. The molecule has 3 aromatic rings. The van der Waals surface area contributed by atoms with Gasteiger partial charge in [0.25, 0.3) is 6.43 Å². The molecule has 0 spiro atoms. The molecule has 8 heteroatoms. The third-order valence-electron chi connectivity index (χ3n) is 5.58. The summed E-state index contributed by atoms with van der Waals surface area (Å²) in [5.41, 5.74) is 1.98. The summed E-state index contributed by atoms with van der Waals surface area (Å²) in [5.74, 6) is -0.548. The van der Waals surface area contributed by atoms with Gasteiger partial charge in [-0.05, 0) is 78.1 Å². The highest BCUT2D eigenvalue weighted by Gasteiger charge is 2.14. The molecule has 0 amide bonds. The van der Waals surface area contributed by atoms with Crippen molar-refractivity contribution in [3.8, 4) is 22.6 Å². The van der Waals surface area contributed by atoms with Gasteiger partial charge >= 0.3 is 5.97 Å². The molecule has 186 valence electrons. The molecule has 35 heavy (non-hydrogen) atoms. The second-order valence-electron chi connectivity index (χ2n) is 8.09. The lowest BCUT2D eigenvalue weighted by molar-refractivity contribution is -0.136. The van der Waals surface area contributed by atoms with Gasteiger partial charge < -0.3 is 19.9 Å². The smallest absolute Gasteiger partial charge is 0.303 e. The molecule has 1 atom stereocenters. The number of rotatable bonds is 12. The fourth-order valence-electron chi connectivity index (χ4n) is 3.66. The van der Waals surface area contributed by atoms with Gasteiger partial charge in [0.05, 0.1) is 7.11 Å². The maximum absolute atomic E-state index is 14.1. The largest absolute Gasteiger partial charge is 0.497 e. The van der Waals surface area contributed by atoms with Crippen LogP contribution in [0.4, 0.5) is 13.2 Å². The van der Waals surface area contributed by atoms with E-state index in [-0.39, 0.29) is 42.4 Å². The minimum atomic E-state index is -2.71. The van der Waals surface area contributed by atoms with Crippen LogP contribution >= 0.6 is 0 Å². The number of hydrogen-bond donors (Lipinski definition) is 2. The molecule has 0 bridgehead atoms. The lowest BCUT2D eigenvalue weighted by atomic mass is 9.98. The van der Waals surface area contributed by atoms with Gasteiger partial charge in [0, 0.05) is 24.6 Å². The van der Waals surface area contributed by atoms with Crippen molar-refractivity contribution in [2.45, 2.75) is 32.2 Å². The SMILES string of the molecule is COc1cccc([C@@H](C)NCCOc2cc(-c3ccc(F)c(CCC(=O)O)c3)cc(C(F)F)c2)c1. The molecule has 3 aromatic carbocycles. The fraction of sp³-hybridized carbons (Fsp3) is 0.296. The molecule has 2 N–H and O–H groups in total. The van der Waals surface area contributed by atoms with E-state index in [9.17, 15) is 18.0 Å². The summed E-state index contributed by atoms with van der Waals surface area (Å²) in [6.07, 6.45) is -2.94. The van der Waals surface area contributed by atoms with Crippen LogP contribution in [-0.4, -0.2) is 31.3 Å². The molecule has 0 aliphatic carbocycles. The first-order valence-electron chi connectivity index (χ1n) is 11.2. The predicted octanol–water partition coefficient (Wildman–Crippen LogP) is 6.19. The maximum atomic E-state index is 14.1. The molecule has 0 saturated heterocycles. The van der Waals surface area contributed by atoms with Crippen LogP contribution in [0.5, 0.6) is 11.5 Å². The van der Waals surface area contributed by atoms with Crippen LogP contribution in [0.25, 0.3) is 11.1 Å². The topological polar surface area (TPSA) is 67.8 Å². The van der Waals surface area contributed by atoms with E-state index in [1.54, 1.807) is 13.2 Å². The Balaban J connectivity index is 1.70. The molecular formula is C27H28F3NO4. The van der Waals surface area contributed by atoms with E-state index in [2.05, 4.69) is 5.32 Å². The highest BCUT2D eigenvalue weighted by molar-refractivity contribution is 5.69. The molecule has 0 unspecified atom stereocenters. The number of methoxy groups -OCH3 is 1. The number of nitrogens with one attached hydrogen (secondary N) is 1. The number of benzene rings is 3. The van der Waals surface area contributed by atoms with Crippen molar-refractivity contribution in [3.63, 3.8) is 0 Å². The lowest BCUT2D eigenvalue weighted by Crippen LogP contribution is -2.24. The monoisotopic (exact) mass is 487 g/mol. The first-order chi connectivity index (χ1) is 16.8. The molecule has 0 radical (unpaired) electrons. The predicted molar refractivity (Wildman–Crippen MR) is 128 cm³/mol. The van der Waals surface area contributed by atoms with Crippen LogP contribution in [0.1, 0.15) is 42.5 Å². The van der Waals surface area contributed by atoms with Gasteiger partial charge in [-0.3, -0.25) is 4.79 Å². The van der Waals surface area contributed by atoms with Gasteiger partial charge in [0.15, 0.2) is 0 Å². The van der Waals surface area contributed by atoms with Crippen molar-refractivity contribution in [2.24, 2.45) is 0 Å². The Morgan fingerprint density at radius 3 is 2.49 bits per heavy atom. The molecule has 0 aliphatic heterocycles. The Kier molecular flexibility index (Phi) is 9.14. The summed E-state index contributed by atoms with van der Waals surface area (Å²) in [7, 11) is 1.61. The Morgan fingerprint density at radius 1 is 1.00 bits per heavy atom. The van der Waals surface area contributed by atoms with Crippen molar-refractivity contribution >= 4 is 5.97 Å². The highest BCUT2D eigenvalue weighted by Crippen LogP contribution is 2.32. The third-order valence-corrected chi connectivity index (χ3v) is 5.58. The van der Waals surface area contributed by atoms with Gasteiger partial charge in [-0.1, -0.05) is 18.2 Å². The van der Waals surface area contributed by atoms with Crippen LogP contribution in [0.2, 0.25) is 0 Å². The van der Waals surface area contributed by atoms with E-state index in [1.165, 1.54) is 30.3 Å². The maximum Gasteiger partial charge on any atom is 0.303 e. The number of carboxylic acids is 1. The number of hydrogen-bond acceptors (Lipinski definition) is 4. The van der Waals surface area contributed by atoms with E-state index in [4.69, 9.17) is 14.6 Å². The number of carboxylic acid groups (broad SMARTS) is 1. The van der Waals surface area contributed by atoms with Crippen molar-refractivity contribution in [1.29, 1.82) is 0 Å². The summed E-state index contributed by atoms with van der Waals surface area (Å²) in [6.45, 7) is 2.72. The van der Waals surface area contributed by atoms with Crippen molar-refractivity contribution in [3.05, 3.63) is 83.2 Å². The minimum Gasteiger partial charge on any atom is -0.497 e. The van der Waals surface area contributed by atoms with Gasteiger partial charge in [-0.25, -0.2) is 13.2 Å². The van der Waals surface area contributed by atoms with Crippen molar-refractivity contribution in [2.75, 3.05) is 20.3 Å². The fourth-order valence-corrected chi connectivity index (χ4v) is 3.66. The molecule has 0 heterocycles. The Labute approximate surface area is 202 Å². The second kappa shape index (κ2) is 12.3. The zero-order valence-corrected chi connectivity index (χ0v) is 19.6. The van der Waals surface area contributed by atoms with Crippen molar-refractivity contribution < 1.29 is 32.5 Å². The normalized spacial score (nSPS) is 11.9. The van der Waals surface area contributed by atoms with E-state index in [0.29, 0.717) is 17.7 Å². The Bertz CT molecular complexity index is 1150. The van der Waals surface area contributed by atoms with Crippen LogP contribution in [0, 0.1) is 5.82 Å². The molecule has 5 nitrogen and oxygen atoms in total. The number of aliphatic carboxylic acids is 1. The summed E-state index contributed by atoms with van der Waals surface area (Å²) in [6, 6.07) is 16.1. The molecule has 0 aromatic heterocycles. The van der Waals surface area contributed by atoms with Crippen LogP contribution in [0.15, 0.2) is 60.7 Å². The quantitative estimate of drug-likeness (QED) is 0.299. The van der Waals surface area contributed by atoms with Crippen LogP contribution < -0.4 is 14.8 Å². The summed E-state index contributed by atoms with van der Waals surface area (Å²) in [4.78, 5) is 10.8. The van der Waals surface area contributed by atoms with Gasteiger partial charge in [0.1, 0.15) is 23.9 Å². The highest BCUT2D eigenvalue weighted by atomic mass is 19.3. The minimum absolute atomic E-state index is 0.00401. The summed E-state index contributed by atoms with van der Waals surface area (Å²) < 4.78 is 52.2. The number of alkyl halides is 2. The van der Waals surface area contributed by atoms with E-state index < -0.39 is 18.2 Å². The van der Waals surface area contributed by atoms with Gasteiger partial charge in [-0.15, -0.1) is 0 Å². The molecule has 0 aliphatic rings. The molecular weight excluding hydrogens is 459 g/mol. The van der Waals surface area contributed by atoms with Crippen LogP contribution in [-0.2, 0) is 11.2 Å². The zero-order valence-electron chi connectivity index (χ0n) is 19.6. The summed E-state index contributed by atoms with van der Waals surface area (Å²) in [5, 5.41) is 12.2. The Morgan fingerprint density at radius 2 is 1.77 bits per heavy atom. The Hall–Kier alpha value is -3.52. The number of halogens is 3. The molecule has 3 rings (SSSR count). The first-order valence-corrected chi connectivity index (χ1v) is 11.2. The van der Waals surface area contributed by atoms with E-state index >= 15 is 0 Å². The zero-order chi connectivity index (χ0) is 25.4. The second-order valence-corrected chi connectivity index (χ2v) is 8.09. The molecule has 0 fully saturated rings. The van der Waals surface area contributed by atoms with E-state index in [1.807, 2.05) is 31.2 Å². The summed E-state index contributed by atoms with van der Waals surface area (Å²) >= 11 is 0. The van der Waals surface area contributed by atoms with Crippen molar-refractivity contribution in [1.82, 2.24) is 5.32 Å². The van der Waals surface area contributed by atoms with Gasteiger partial charge in [0.2, 0.25) is 0 Å².